The van der Waals surface area contributed by atoms with Gasteiger partial charge >= 0.3 is 5.97 Å². The molecule has 0 radical (unpaired) electrons. The first-order valence-electron chi connectivity index (χ1n) is 4.83. The molecule has 2 unspecified atom stereocenters. The Labute approximate surface area is 78.6 Å². The van der Waals surface area contributed by atoms with Crippen LogP contribution >= 0.6 is 0 Å². The van der Waals surface area contributed by atoms with E-state index in [0.29, 0.717) is 0 Å². The van der Waals surface area contributed by atoms with Crippen molar-refractivity contribution in [3.63, 3.8) is 0 Å². The van der Waals surface area contributed by atoms with E-state index < -0.39 is 6.04 Å². The highest BCUT2D eigenvalue weighted by molar-refractivity contribution is 5.75. The molecule has 4 N–H and O–H groups in total. The lowest BCUT2D eigenvalue weighted by molar-refractivity contribution is -0.152. The third-order valence-electron chi connectivity index (χ3n) is 2.39. The zero-order chi connectivity index (χ0) is 9.84. The van der Waals surface area contributed by atoms with Crippen LogP contribution in [0.3, 0.4) is 0 Å². The SMILES string of the molecule is C[C@H](N)C(=O)OC1CCCCC1N. The number of carbonyl (C=O) groups excluding carboxylic acids is 1. The third-order valence-corrected chi connectivity index (χ3v) is 2.39. The lowest BCUT2D eigenvalue weighted by Crippen LogP contribution is -2.43. The maximum Gasteiger partial charge on any atom is 0.322 e. The quantitative estimate of drug-likeness (QED) is 0.601. The number of hydrogen-bond acceptors (Lipinski definition) is 4. The van der Waals surface area contributed by atoms with Crippen molar-refractivity contribution in [2.75, 3.05) is 0 Å². The Morgan fingerprint density at radius 1 is 1.46 bits per heavy atom. The van der Waals surface area contributed by atoms with Crippen LogP contribution in [0.25, 0.3) is 0 Å². The van der Waals surface area contributed by atoms with Crippen molar-refractivity contribution in [2.24, 2.45) is 11.5 Å². The molecule has 0 aromatic heterocycles. The second-order valence-corrected chi connectivity index (χ2v) is 3.71. The largest absolute Gasteiger partial charge is 0.460 e. The van der Waals surface area contributed by atoms with Gasteiger partial charge in [-0.15, -0.1) is 0 Å². The summed E-state index contributed by atoms with van der Waals surface area (Å²) in [6.07, 6.45) is 3.92. The van der Waals surface area contributed by atoms with Crippen molar-refractivity contribution >= 4 is 5.97 Å². The maximum absolute atomic E-state index is 11.2. The monoisotopic (exact) mass is 186 g/mol. The zero-order valence-corrected chi connectivity index (χ0v) is 8.03. The van der Waals surface area contributed by atoms with Crippen molar-refractivity contribution in [1.29, 1.82) is 0 Å². The second-order valence-electron chi connectivity index (χ2n) is 3.71. The van der Waals surface area contributed by atoms with Crippen LogP contribution in [0.1, 0.15) is 32.6 Å². The first-order valence-corrected chi connectivity index (χ1v) is 4.83. The molecule has 0 spiro atoms. The summed E-state index contributed by atoms with van der Waals surface area (Å²) in [6, 6.07) is -0.550. The molecule has 0 aromatic rings. The Balaban J connectivity index is 2.38. The predicted octanol–water partition coefficient (Wildman–Crippen LogP) is 0.147. The van der Waals surface area contributed by atoms with Crippen LogP contribution < -0.4 is 11.5 Å². The predicted molar refractivity (Wildman–Crippen MR) is 50.0 cm³/mol. The van der Waals surface area contributed by atoms with Gasteiger partial charge in [-0.25, -0.2) is 0 Å². The third kappa shape index (κ3) is 2.97. The number of rotatable bonds is 2. The van der Waals surface area contributed by atoms with Crippen molar-refractivity contribution < 1.29 is 9.53 Å². The fraction of sp³-hybridized carbons (Fsp3) is 0.889. The van der Waals surface area contributed by atoms with E-state index in [1.54, 1.807) is 6.92 Å². The van der Waals surface area contributed by atoms with Crippen molar-refractivity contribution in [2.45, 2.75) is 50.8 Å². The Bertz CT molecular complexity index is 182. The van der Waals surface area contributed by atoms with Gasteiger partial charge in [0.05, 0.1) is 0 Å². The Morgan fingerprint density at radius 2 is 2.08 bits per heavy atom. The van der Waals surface area contributed by atoms with Crippen LogP contribution in [0.15, 0.2) is 0 Å². The molecule has 4 nitrogen and oxygen atoms in total. The van der Waals surface area contributed by atoms with E-state index in [1.165, 1.54) is 0 Å². The van der Waals surface area contributed by atoms with Crippen LogP contribution in [0.4, 0.5) is 0 Å². The maximum atomic E-state index is 11.2. The smallest absolute Gasteiger partial charge is 0.322 e. The van der Waals surface area contributed by atoms with Gasteiger partial charge in [-0.1, -0.05) is 6.42 Å². The van der Waals surface area contributed by atoms with Gasteiger partial charge < -0.3 is 16.2 Å². The van der Waals surface area contributed by atoms with E-state index in [9.17, 15) is 4.79 Å². The first kappa shape index (κ1) is 10.5. The molecular formula is C9H18N2O2. The summed E-state index contributed by atoms with van der Waals surface area (Å²) in [7, 11) is 0. The molecule has 0 aromatic carbocycles. The molecule has 1 aliphatic rings. The van der Waals surface area contributed by atoms with E-state index in [1.807, 2.05) is 0 Å². The summed E-state index contributed by atoms with van der Waals surface area (Å²) in [5.41, 5.74) is 11.2. The molecule has 3 atom stereocenters. The molecule has 4 heteroatoms. The fourth-order valence-corrected chi connectivity index (χ4v) is 1.53. The Hall–Kier alpha value is -0.610. The topological polar surface area (TPSA) is 78.3 Å². The summed E-state index contributed by atoms with van der Waals surface area (Å²) < 4.78 is 5.18. The molecule has 1 rings (SSSR count). The average molecular weight is 186 g/mol. The summed E-state index contributed by atoms with van der Waals surface area (Å²) in [6.45, 7) is 1.62. The lowest BCUT2D eigenvalue weighted by atomic mass is 9.93. The highest BCUT2D eigenvalue weighted by atomic mass is 16.5. The van der Waals surface area contributed by atoms with Gasteiger partial charge in [-0.2, -0.15) is 0 Å². The minimum Gasteiger partial charge on any atom is -0.460 e. The van der Waals surface area contributed by atoms with Crippen LogP contribution in [0, 0.1) is 0 Å². The van der Waals surface area contributed by atoms with E-state index in [-0.39, 0.29) is 18.1 Å². The number of nitrogens with two attached hydrogens (primary N) is 2. The molecule has 0 bridgehead atoms. The lowest BCUT2D eigenvalue weighted by Gasteiger charge is -2.28. The van der Waals surface area contributed by atoms with Crippen molar-refractivity contribution in [3.8, 4) is 0 Å². The molecule has 0 heterocycles. The molecule has 76 valence electrons. The summed E-state index contributed by atoms with van der Waals surface area (Å²) in [4.78, 5) is 11.2. The zero-order valence-electron chi connectivity index (χ0n) is 8.03. The van der Waals surface area contributed by atoms with Crippen LogP contribution in [0.2, 0.25) is 0 Å². The standard InChI is InChI=1S/C9H18N2O2/c1-6(10)9(12)13-8-5-3-2-4-7(8)11/h6-8H,2-5,10-11H2,1H3/t6-,7?,8?/m0/s1. The van der Waals surface area contributed by atoms with Gasteiger partial charge in [0.25, 0.3) is 0 Å². The normalized spacial score (nSPS) is 31.0. The van der Waals surface area contributed by atoms with Crippen LogP contribution in [0.5, 0.6) is 0 Å². The van der Waals surface area contributed by atoms with Gasteiger partial charge in [0.1, 0.15) is 12.1 Å². The number of carbonyl (C=O) groups is 1. The average Bonchev–Trinajstić information content (AvgIpc) is 2.08. The molecule has 0 aliphatic heterocycles. The molecule has 13 heavy (non-hydrogen) atoms. The van der Waals surface area contributed by atoms with E-state index in [0.717, 1.165) is 25.7 Å². The van der Waals surface area contributed by atoms with E-state index >= 15 is 0 Å². The van der Waals surface area contributed by atoms with Crippen molar-refractivity contribution in [1.82, 2.24) is 0 Å². The van der Waals surface area contributed by atoms with Gasteiger partial charge in [0.2, 0.25) is 0 Å². The highest BCUT2D eigenvalue weighted by Gasteiger charge is 2.26. The van der Waals surface area contributed by atoms with Crippen LogP contribution in [-0.2, 0) is 9.53 Å². The Morgan fingerprint density at radius 3 is 2.62 bits per heavy atom. The molecule has 1 fully saturated rings. The van der Waals surface area contributed by atoms with E-state index in [2.05, 4.69) is 0 Å². The van der Waals surface area contributed by atoms with Gasteiger partial charge in [0, 0.05) is 6.04 Å². The molecular weight excluding hydrogens is 168 g/mol. The number of hydrogen-bond donors (Lipinski definition) is 2. The fourth-order valence-electron chi connectivity index (χ4n) is 1.53. The highest BCUT2D eigenvalue weighted by Crippen LogP contribution is 2.19. The van der Waals surface area contributed by atoms with Crippen LogP contribution in [-0.4, -0.2) is 24.2 Å². The van der Waals surface area contributed by atoms with Gasteiger partial charge in [-0.3, -0.25) is 4.79 Å². The summed E-state index contributed by atoms with van der Waals surface area (Å²) in [5.74, 6) is -0.345. The molecule has 0 saturated heterocycles. The second kappa shape index (κ2) is 4.58. The van der Waals surface area contributed by atoms with Gasteiger partial charge in [0.15, 0.2) is 0 Å². The van der Waals surface area contributed by atoms with Crippen molar-refractivity contribution in [3.05, 3.63) is 0 Å². The minimum atomic E-state index is -0.547. The van der Waals surface area contributed by atoms with Gasteiger partial charge in [-0.05, 0) is 26.2 Å². The Kier molecular flexibility index (Phi) is 3.69. The molecule has 1 aliphatic carbocycles. The first-order chi connectivity index (χ1) is 6.11. The minimum absolute atomic E-state index is 0.00329. The van der Waals surface area contributed by atoms with E-state index in [4.69, 9.17) is 16.2 Å². The molecule has 0 amide bonds. The number of esters is 1. The summed E-state index contributed by atoms with van der Waals surface area (Å²) >= 11 is 0. The molecule has 1 saturated carbocycles. The number of ether oxygens (including phenoxy) is 1. The summed E-state index contributed by atoms with van der Waals surface area (Å²) in [5, 5.41) is 0.